The Kier molecular flexibility index (Phi) is 2.08. The van der Waals surface area contributed by atoms with Crippen LogP contribution in [0, 0.1) is 0 Å². The lowest BCUT2D eigenvalue weighted by atomic mass is 10.5. The standard InChI is InChI=1S/C6H10N2S/c1-8-6-3-2-5(4-7)9-6/h2-3,8H,4,7H2,1H3. The van der Waals surface area contributed by atoms with Crippen LogP contribution in [0.25, 0.3) is 0 Å². The molecule has 0 aliphatic heterocycles. The summed E-state index contributed by atoms with van der Waals surface area (Å²) in [6.45, 7) is 0.645. The monoisotopic (exact) mass is 142 g/mol. The van der Waals surface area contributed by atoms with Gasteiger partial charge in [0.05, 0.1) is 5.00 Å². The number of anilines is 1. The molecule has 0 unspecified atom stereocenters. The molecule has 2 nitrogen and oxygen atoms in total. The Labute approximate surface area is 58.7 Å². The summed E-state index contributed by atoms with van der Waals surface area (Å²) in [4.78, 5) is 1.22. The van der Waals surface area contributed by atoms with Crippen LogP contribution < -0.4 is 11.1 Å². The second kappa shape index (κ2) is 2.85. The first kappa shape index (κ1) is 6.58. The lowest BCUT2D eigenvalue weighted by Crippen LogP contribution is -1.91. The van der Waals surface area contributed by atoms with Gasteiger partial charge in [-0.2, -0.15) is 0 Å². The lowest BCUT2D eigenvalue weighted by Gasteiger charge is -1.88. The summed E-state index contributed by atoms with van der Waals surface area (Å²) in [6.07, 6.45) is 0. The van der Waals surface area contributed by atoms with Crippen LogP contribution in [0.3, 0.4) is 0 Å². The minimum atomic E-state index is 0.645. The fourth-order valence-electron chi connectivity index (χ4n) is 0.622. The van der Waals surface area contributed by atoms with Crippen molar-refractivity contribution in [1.82, 2.24) is 0 Å². The molecule has 0 aromatic carbocycles. The van der Waals surface area contributed by atoms with E-state index in [-0.39, 0.29) is 0 Å². The molecule has 1 aromatic rings. The zero-order chi connectivity index (χ0) is 6.69. The molecular weight excluding hydrogens is 132 g/mol. The van der Waals surface area contributed by atoms with Crippen molar-refractivity contribution in [3.63, 3.8) is 0 Å². The average molecular weight is 142 g/mol. The Hall–Kier alpha value is -0.540. The summed E-state index contributed by atoms with van der Waals surface area (Å²) in [5.74, 6) is 0. The lowest BCUT2D eigenvalue weighted by molar-refractivity contribution is 1.11. The van der Waals surface area contributed by atoms with Crippen molar-refractivity contribution in [2.45, 2.75) is 6.54 Å². The van der Waals surface area contributed by atoms with Crippen molar-refractivity contribution in [3.8, 4) is 0 Å². The van der Waals surface area contributed by atoms with Gasteiger partial charge in [-0.3, -0.25) is 0 Å². The van der Waals surface area contributed by atoms with Crippen LogP contribution in [0.1, 0.15) is 4.88 Å². The molecule has 0 fully saturated rings. The third-order valence-corrected chi connectivity index (χ3v) is 2.23. The third-order valence-electron chi connectivity index (χ3n) is 1.11. The molecule has 50 valence electrons. The van der Waals surface area contributed by atoms with Crippen molar-refractivity contribution >= 4 is 16.3 Å². The minimum absolute atomic E-state index is 0.645. The fraction of sp³-hybridized carbons (Fsp3) is 0.333. The molecule has 1 aromatic heterocycles. The van der Waals surface area contributed by atoms with Crippen molar-refractivity contribution in [1.29, 1.82) is 0 Å². The molecule has 0 saturated heterocycles. The first-order chi connectivity index (χ1) is 4.36. The molecule has 0 radical (unpaired) electrons. The molecule has 3 heteroatoms. The number of nitrogens with one attached hydrogen (secondary N) is 1. The maximum atomic E-state index is 5.40. The van der Waals surface area contributed by atoms with Crippen LogP contribution in [0.4, 0.5) is 5.00 Å². The highest BCUT2D eigenvalue weighted by atomic mass is 32.1. The fourth-order valence-corrected chi connectivity index (χ4v) is 1.36. The van der Waals surface area contributed by atoms with E-state index in [0.29, 0.717) is 6.54 Å². The highest BCUT2D eigenvalue weighted by Crippen LogP contribution is 2.19. The van der Waals surface area contributed by atoms with E-state index in [1.165, 1.54) is 9.88 Å². The smallest absolute Gasteiger partial charge is 0.0883 e. The Morgan fingerprint density at radius 1 is 1.67 bits per heavy atom. The molecule has 0 spiro atoms. The highest BCUT2D eigenvalue weighted by molar-refractivity contribution is 7.16. The summed E-state index contributed by atoms with van der Waals surface area (Å²) in [5.41, 5.74) is 5.40. The number of thiophene rings is 1. The number of nitrogens with two attached hydrogens (primary N) is 1. The molecular formula is C6H10N2S. The molecule has 1 heterocycles. The first-order valence-corrected chi connectivity index (χ1v) is 3.65. The molecule has 3 N–H and O–H groups in total. The third kappa shape index (κ3) is 1.43. The second-order valence-electron chi connectivity index (χ2n) is 1.72. The van der Waals surface area contributed by atoms with E-state index in [1.54, 1.807) is 11.3 Å². The summed E-state index contributed by atoms with van der Waals surface area (Å²) in [5, 5.41) is 4.22. The molecule has 0 atom stereocenters. The van der Waals surface area contributed by atoms with Gasteiger partial charge in [0.25, 0.3) is 0 Å². The van der Waals surface area contributed by atoms with Crippen molar-refractivity contribution < 1.29 is 0 Å². The maximum Gasteiger partial charge on any atom is 0.0883 e. The SMILES string of the molecule is CNc1ccc(CN)s1. The average Bonchev–Trinajstić information content (AvgIpc) is 2.34. The minimum Gasteiger partial charge on any atom is -0.380 e. The Morgan fingerprint density at radius 2 is 2.44 bits per heavy atom. The van der Waals surface area contributed by atoms with Gasteiger partial charge >= 0.3 is 0 Å². The van der Waals surface area contributed by atoms with Crippen LogP contribution in [0.15, 0.2) is 12.1 Å². The Bertz CT molecular complexity index is 164. The number of hydrogen-bond acceptors (Lipinski definition) is 3. The van der Waals surface area contributed by atoms with E-state index in [4.69, 9.17) is 5.73 Å². The molecule has 0 bridgehead atoms. The molecule has 0 aliphatic rings. The Balaban J connectivity index is 2.74. The zero-order valence-corrected chi connectivity index (χ0v) is 6.16. The van der Waals surface area contributed by atoms with E-state index in [1.807, 2.05) is 19.2 Å². The molecule has 0 amide bonds. The number of hydrogen-bond donors (Lipinski definition) is 2. The quantitative estimate of drug-likeness (QED) is 0.652. The zero-order valence-electron chi connectivity index (χ0n) is 5.35. The van der Waals surface area contributed by atoms with Gasteiger partial charge in [0.15, 0.2) is 0 Å². The van der Waals surface area contributed by atoms with Crippen LogP contribution >= 0.6 is 11.3 Å². The largest absolute Gasteiger partial charge is 0.380 e. The van der Waals surface area contributed by atoms with E-state index in [9.17, 15) is 0 Å². The second-order valence-corrected chi connectivity index (χ2v) is 2.89. The normalized spacial score (nSPS) is 9.56. The summed E-state index contributed by atoms with van der Waals surface area (Å²) < 4.78 is 0. The van der Waals surface area contributed by atoms with Gasteiger partial charge < -0.3 is 11.1 Å². The van der Waals surface area contributed by atoms with Crippen molar-refractivity contribution in [2.24, 2.45) is 5.73 Å². The van der Waals surface area contributed by atoms with Gasteiger partial charge in [-0.15, -0.1) is 11.3 Å². The van der Waals surface area contributed by atoms with Gasteiger partial charge in [0, 0.05) is 18.5 Å². The van der Waals surface area contributed by atoms with E-state index in [0.717, 1.165) is 0 Å². The van der Waals surface area contributed by atoms with Crippen LogP contribution in [-0.2, 0) is 6.54 Å². The molecule has 1 rings (SSSR count). The van der Waals surface area contributed by atoms with Crippen LogP contribution in [-0.4, -0.2) is 7.05 Å². The van der Waals surface area contributed by atoms with Crippen LogP contribution in [0.2, 0.25) is 0 Å². The topological polar surface area (TPSA) is 38.0 Å². The van der Waals surface area contributed by atoms with Gasteiger partial charge in [0.1, 0.15) is 0 Å². The number of rotatable bonds is 2. The van der Waals surface area contributed by atoms with E-state index >= 15 is 0 Å². The van der Waals surface area contributed by atoms with E-state index in [2.05, 4.69) is 5.32 Å². The highest BCUT2D eigenvalue weighted by Gasteiger charge is 1.92. The predicted octanol–water partition coefficient (Wildman–Crippen LogP) is 1.25. The van der Waals surface area contributed by atoms with Crippen LogP contribution in [0.5, 0.6) is 0 Å². The van der Waals surface area contributed by atoms with Gasteiger partial charge in [-0.05, 0) is 12.1 Å². The molecule has 0 saturated carbocycles. The first-order valence-electron chi connectivity index (χ1n) is 2.83. The van der Waals surface area contributed by atoms with Crippen molar-refractivity contribution in [2.75, 3.05) is 12.4 Å². The summed E-state index contributed by atoms with van der Waals surface area (Å²) >= 11 is 1.70. The summed E-state index contributed by atoms with van der Waals surface area (Å²) in [7, 11) is 1.91. The van der Waals surface area contributed by atoms with E-state index < -0.39 is 0 Å². The van der Waals surface area contributed by atoms with Gasteiger partial charge in [0.2, 0.25) is 0 Å². The maximum absolute atomic E-state index is 5.40. The molecule has 9 heavy (non-hydrogen) atoms. The van der Waals surface area contributed by atoms with Gasteiger partial charge in [-0.1, -0.05) is 0 Å². The summed E-state index contributed by atoms with van der Waals surface area (Å²) in [6, 6.07) is 4.07. The van der Waals surface area contributed by atoms with Crippen molar-refractivity contribution in [3.05, 3.63) is 17.0 Å². The molecule has 0 aliphatic carbocycles. The predicted molar refractivity (Wildman–Crippen MR) is 41.8 cm³/mol. The van der Waals surface area contributed by atoms with Gasteiger partial charge in [-0.25, -0.2) is 0 Å². The Morgan fingerprint density at radius 3 is 2.78 bits per heavy atom.